The molecule has 2 aliphatic heterocycles. The molecular weight excluding hydrogens is 352 g/mol. The predicted octanol–water partition coefficient (Wildman–Crippen LogP) is 2.95. The van der Waals surface area contributed by atoms with E-state index in [1.165, 1.54) is 18.7 Å². The van der Waals surface area contributed by atoms with Gasteiger partial charge in [-0.05, 0) is 23.6 Å². The molecule has 3 heterocycles. The zero-order valence-electron chi connectivity index (χ0n) is 15.1. The number of anilines is 1. The summed E-state index contributed by atoms with van der Waals surface area (Å²) in [6.45, 7) is 0.481. The van der Waals surface area contributed by atoms with Gasteiger partial charge in [0.1, 0.15) is 11.7 Å². The molecule has 1 aromatic heterocycles. The summed E-state index contributed by atoms with van der Waals surface area (Å²) in [6.07, 6.45) is 5.00. The molecule has 0 radical (unpaired) electrons. The summed E-state index contributed by atoms with van der Waals surface area (Å²) in [6, 6.07) is 17.1. The van der Waals surface area contributed by atoms with E-state index >= 15 is 0 Å². The van der Waals surface area contributed by atoms with Gasteiger partial charge in [-0.2, -0.15) is 0 Å². The maximum Gasteiger partial charge on any atom is 0.257 e. The van der Waals surface area contributed by atoms with Crippen molar-refractivity contribution in [2.45, 2.75) is 17.9 Å². The molecule has 1 fully saturated rings. The lowest BCUT2D eigenvalue weighted by Crippen LogP contribution is -2.42. The molecule has 2 aromatic carbocycles. The third-order valence-corrected chi connectivity index (χ3v) is 5.77. The number of hydrogen-bond donors (Lipinski definition) is 1. The minimum absolute atomic E-state index is 0.0536. The number of nitrogens with zero attached hydrogens (tertiary/aromatic N) is 3. The van der Waals surface area contributed by atoms with Crippen molar-refractivity contribution in [3.05, 3.63) is 90.0 Å². The summed E-state index contributed by atoms with van der Waals surface area (Å²) in [5.41, 5.74) is 2.34. The Morgan fingerprint density at radius 1 is 1.04 bits per heavy atom. The van der Waals surface area contributed by atoms with E-state index in [4.69, 9.17) is 0 Å². The van der Waals surface area contributed by atoms with Crippen molar-refractivity contribution in [2.75, 3.05) is 11.9 Å². The van der Waals surface area contributed by atoms with Crippen LogP contribution < -0.4 is 5.32 Å². The van der Waals surface area contributed by atoms with E-state index in [1.807, 2.05) is 54.6 Å². The normalized spacial score (nSPS) is 22.9. The van der Waals surface area contributed by atoms with E-state index in [-0.39, 0.29) is 11.8 Å². The average molecular weight is 370 g/mol. The van der Waals surface area contributed by atoms with E-state index in [1.54, 1.807) is 4.90 Å². The van der Waals surface area contributed by atoms with Crippen LogP contribution in [0.3, 0.4) is 0 Å². The number of likely N-dealkylation sites (tertiary alicyclic amines) is 1. The highest BCUT2D eigenvalue weighted by Gasteiger charge is 2.59. The maximum absolute atomic E-state index is 13.3. The van der Waals surface area contributed by atoms with Crippen LogP contribution in [0.4, 0.5) is 5.69 Å². The number of nitrogens with one attached hydrogen (secondary N) is 1. The van der Waals surface area contributed by atoms with Crippen molar-refractivity contribution in [3.8, 4) is 0 Å². The van der Waals surface area contributed by atoms with Gasteiger partial charge < -0.3 is 10.2 Å². The molecule has 2 aliphatic rings. The largest absolute Gasteiger partial charge is 0.330 e. The number of para-hydroxylation sites is 1. The molecule has 5 rings (SSSR count). The zero-order valence-corrected chi connectivity index (χ0v) is 15.1. The molecule has 2 unspecified atom stereocenters. The van der Waals surface area contributed by atoms with Crippen LogP contribution in [0.1, 0.15) is 33.9 Å². The molecule has 2 amide bonds. The molecule has 28 heavy (non-hydrogen) atoms. The van der Waals surface area contributed by atoms with Crippen LogP contribution in [-0.4, -0.2) is 33.2 Å². The predicted molar refractivity (Wildman–Crippen MR) is 104 cm³/mol. The van der Waals surface area contributed by atoms with Gasteiger partial charge in [-0.1, -0.05) is 48.5 Å². The number of amides is 2. The summed E-state index contributed by atoms with van der Waals surface area (Å²) in [7, 11) is 0. The molecule has 1 spiro atoms. The van der Waals surface area contributed by atoms with Crippen molar-refractivity contribution in [3.63, 3.8) is 0 Å². The number of carbonyl (C=O) groups is 2. The number of aromatic nitrogens is 2. The summed E-state index contributed by atoms with van der Waals surface area (Å²) in [5, 5.41) is 3.03. The second-order valence-corrected chi connectivity index (χ2v) is 7.16. The highest BCUT2D eigenvalue weighted by Crippen LogP contribution is 2.54. The van der Waals surface area contributed by atoms with Gasteiger partial charge in [0.25, 0.3) is 5.91 Å². The van der Waals surface area contributed by atoms with Crippen molar-refractivity contribution in [1.82, 2.24) is 14.9 Å². The quantitative estimate of drug-likeness (QED) is 0.753. The Bertz CT molecular complexity index is 1050. The number of rotatable bonds is 2. The van der Waals surface area contributed by atoms with Gasteiger partial charge in [0.15, 0.2) is 0 Å². The fraction of sp³-hybridized carbons (Fsp3) is 0.182. The molecule has 138 valence electrons. The Morgan fingerprint density at radius 2 is 1.75 bits per heavy atom. The first kappa shape index (κ1) is 16.6. The van der Waals surface area contributed by atoms with Crippen LogP contribution in [0, 0.1) is 0 Å². The Kier molecular flexibility index (Phi) is 3.72. The smallest absolute Gasteiger partial charge is 0.257 e. The summed E-state index contributed by atoms with van der Waals surface area (Å²) < 4.78 is 0. The monoisotopic (exact) mass is 370 g/mol. The topological polar surface area (TPSA) is 75.2 Å². The summed E-state index contributed by atoms with van der Waals surface area (Å²) >= 11 is 0. The van der Waals surface area contributed by atoms with Crippen molar-refractivity contribution >= 4 is 17.5 Å². The highest BCUT2D eigenvalue weighted by atomic mass is 16.2. The minimum atomic E-state index is -0.802. The molecule has 3 aromatic rings. The van der Waals surface area contributed by atoms with E-state index < -0.39 is 11.5 Å². The summed E-state index contributed by atoms with van der Waals surface area (Å²) in [5.74, 6) is -0.217. The van der Waals surface area contributed by atoms with Gasteiger partial charge >= 0.3 is 0 Å². The molecule has 1 saturated heterocycles. The SMILES string of the molecule is O=C(c1cncnc1)N1CCC2(C(=O)Nc3ccccc32)C1c1ccccc1. The number of hydrogen-bond acceptors (Lipinski definition) is 4. The fourth-order valence-electron chi connectivity index (χ4n) is 4.58. The molecule has 0 saturated carbocycles. The van der Waals surface area contributed by atoms with E-state index in [0.717, 1.165) is 16.8 Å². The van der Waals surface area contributed by atoms with Crippen molar-refractivity contribution in [2.24, 2.45) is 0 Å². The van der Waals surface area contributed by atoms with Crippen LogP contribution in [0.15, 0.2) is 73.3 Å². The molecular formula is C22H18N4O2. The maximum atomic E-state index is 13.3. The van der Waals surface area contributed by atoms with Gasteiger partial charge in [-0.3, -0.25) is 9.59 Å². The van der Waals surface area contributed by atoms with E-state index in [0.29, 0.717) is 18.5 Å². The molecule has 6 nitrogen and oxygen atoms in total. The zero-order chi connectivity index (χ0) is 19.1. The fourth-order valence-corrected chi connectivity index (χ4v) is 4.58. The molecule has 0 aliphatic carbocycles. The van der Waals surface area contributed by atoms with Gasteiger partial charge in [0.2, 0.25) is 5.91 Å². The third kappa shape index (κ3) is 2.27. The Balaban J connectivity index is 1.68. The summed E-state index contributed by atoms with van der Waals surface area (Å²) in [4.78, 5) is 36.3. The van der Waals surface area contributed by atoms with Crippen LogP contribution in [-0.2, 0) is 10.2 Å². The van der Waals surface area contributed by atoms with E-state index in [2.05, 4.69) is 15.3 Å². The number of fused-ring (bicyclic) bond motifs is 2. The lowest BCUT2D eigenvalue weighted by Gasteiger charge is -2.34. The molecule has 1 N–H and O–H groups in total. The first-order valence-corrected chi connectivity index (χ1v) is 9.24. The standard InChI is InChI=1S/C22H18N4O2/c27-20(16-12-23-14-24-13-16)26-11-10-22(19(26)15-6-2-1-3-7-15)17-8-4-5-9-18(17)25-21(22)28/h1-9,12-14,19H,10-11H2,(H,25,28). The van der Waals surface area contributed by atoms with Gasteiger partial charge in [0.05, 0.1) is 11.6 Å². The number of carbonyl (C=O) groups excluding carboxylic acids is 2. The second-order valence-electron chi connectivity index (χ2n) is 7.16. The molecule has 2 atom stereocenters. The highest BCUT2D eigenvalue weighted by molar-refractivity contribution is 6.08. The average Bonchev–Trinajstić information content (AvgIpc) is 3.28. The van der Waals surface area contributed by atoms with Crippen molar-refractivity contribution in [1.29, 1.82) is 0 Å². The second kappa shape index (κ2) is 6.27. The van der Waals surface area contributed by atoms with E-state index in [9.17, 15) is 9.59 Å². The van der Waals surface area contributed by atoms with Crippen LogP contribution in [0.2, 0.25) is 0 Å². The van der Waals surface area contributed by atoms with Crippen LogP contribution >= 0.6 is 0 Å². The van der Waals surface area contributed by atoms with Gasteiger partial charge in [0, 0.05) is 24.6 Å². The first-order valence-electron chi connectivity index (χ1n) is 9.24. The van der Waals surface area contributed by atoms with Gasteiger partial charge in [-0.25, -0.2) is 9.97 Å². The van der Waals surface area contributed by atoms with Crippen LogP contribution in [0.5, 0.6) is 0 Å². The third-order valence-electron chi connectivity index (χ3n) is 5.77. The molecule has 0 bridgehead atoms. The Morgan fingerprint density at radius 3 is 2.54 bits per heavy atom. The minimum Gasteiger partial charge on any atom is -0.330 e. The number of benzene rings is 2. The Hall–Kier alpha value is -3.54. The Labute approximate surface area is 162 Å². The van der Waals surface area contributed by atoms with Gasteiger partial charge in [-0.15, -0.1) is 0 Å². The lowest BCUT2D eigenvalue weighted by atomic mass is 9.72. The van der Waals surface area contributed by atoms with Crippen molar-refractivity contribution < 1.29 is 9.59 Å². The molecule has 6 heteroatoms. The lowest BCUT2D eigenvalue weighted by molar-refractivity contribution is -0.121. The van der Waals surface area contributed by atoms with Crippen LogP contribution in [0.25, 0.3) is 0 Å². The first-order chi connectivity index (χ1) is 13.7.